The summed E-state index contributed by atoms with van der Waals surface area (Å²) in [4.78, 5) is 0. The first-order valence-corrected chi connectivity index (χ1v) is 14.3. The highest BCUT2D eigenvalue weighted by Crippen LogP contribution is 2.42. The number of nitrogens with one attached hydrogen (secondary N) is 2. The predicted molar refractivity (Wildman–Crippen MR) is 123 cm³/mol. The highest BCUT2D eigenvalue weighted by molar-refractivity contribution is 7.95. The Kier molecular flexibility index (Phi) is 8.39. The van der Waals surface area contributed by atoms with Gasteiger partial charge in [-0.2, -0.15) is 0 Å². The van der Waals surface area contributed by atoms with Gasteiger partial charge in [0.05, 0.1) is 23.1 Å². The lowest BCUT2D eigenvalue weighted by atomic mass is 10.1. The molecule has 0 fully saturated rings. The van der Waals surface area contributed by atoms with Crippen LogP contribution in [0.2, 0.25) is 0 Å². The largest absolute Gasteiger partial charge is 0.379 e. The van der Waals surface area contributed by atoms with Crippen LogP contribution in [0.25, 0.3) is 0 Å². The van der Waals surface area contributed by atoms with E-state index in [-0.39, 0.29) is 26.6 Å². The van der Waals surface area contributed by atoms with Gasteiger partial charge in [0.1, 0.15) is 8.42 Å². The van der Waals surface area contributed by atoms with Crippen molar-refractivity contribution in [2.24, 2.45) is 0 Å². The number of fused-ring (bicyclic) bond motifs is 1. The maximum Gasteiger partial charge on any atom is 0.250 e. The van der Waals surface area contributed by atoms with Crippen LogP contribution in [0.1, 0.15) is 66.0 Å². The molecule has 31 heavy (non-hydrogen) atoms. The van der Waals surface area contributed by atoms with Crippen LogP contribution >= 0.6 is 11.3 Å². The van der Waals surface area contributed by atoms with Gasteiger partial charge in [0.2, 0.25) is 10.0 Å². The second-order valence-corrected chi connectivity index (χ2v) is 14.8. The molecule has 180 valence electrons. The molecule has 1 aromatic rings. The monoisotopic (exact) mass is 496 g/mol. The zero-order chi connectivity index (χ0) is 23.7. The van der Waals surface area contributed by atoms with Crippen LogP contribution < -0.4 is 10.0 Å². The summed E-state index contributed by atoms with van der Waals surface area (Å²) in [6.45, 7) is 12.3. The van der Waals surface area contributed by atoms with Crippen LogP contribution in [-0.2, 0) is 29.3 Å². The lowest BCUT2D eigenvalue weighted by molar-refractivity contribution is -0.0551. The van der Waals surface area contributed by atoms with E-state index in [0.717, 1.165) is 11.3 Å². The van der Waals surface area contributed by atoms with Gasteiger partial charge in [-0.05, 0) is 60.1 Å². The molecule has 8 nitrogen and oxygen atoms in total. The van der Waals surface area contributed by atoms with Gasteiger partial charge in [-0.25, -0.2) is 21.6 Å². The Morgan fingerprint density at radius 1 is 1.23 bits per heavy atom. The minimum Gasteiger partial charge on any atom is -0.379 e. The minimum atomic E-state index is -3.88. The van der Waals surface area contributed by atoms with Crippen LogP contribution in [0, 0.1) is 0 Å². The molecule has 0 aliphatic carbocycles. The molecule has 0 unspecified atom stereocenters. The summed E-state index contributed by atoms with van der Waals surface area (Å²) in [5.41, 5.74) is -0.513. The Morgan fingerprint density at radius 3 is 2.45 bits per heavy atom. The molecule has 11 heteroatoms. The third kappa shape index (κ3) is 6.49. The van der Waals surface area contributed by atoms with Crippen molar-refractivity contribution < 1.29 is 26.3 Å². The first-order valence-electron chi connectivity index (χ1n) is 10.4. The van der Waals surface area contributed by atoms with Gasteiger partial charge in [0.15, 0.2) is 9.84 Å². The summed E-state index contributed by atoms with van der Waals surface area (Å²) in [5, 5.41) is 2.71. The standard InChI is InChI=1S/C20H36N2O6S3/c1-8-21-16-11-14(2)30(23,24)18-15(16)12-17(29-18)31(25,26)22-13-20(5,6)28-10-9-19(3,4)27-7/h12,14,16,21-22H,8-11,13H2,1-7H3/t14-,16-/m0/s1. The molecule has 0 spiro atoms. The van der Waals surface area contributed by atoms with Gasteiger partial charge in [-0.3, -0.25) is 0 Å². The fourth-order valence-corrected chi connectivity index (χ4v) is 8.48. The Labute approximate surface area is 191 Å². The lowest BCUT2D eigenvalue weighted by Gasteiger charge is -2.28. The van der Waals surface area contributed by atoms with E-state index >= 15 is 0 Å². The Hall–Kier alpha value is -0.560. The Bertz CT molecular complexity index is 967. The SMILES string of the molecule is CCN[C@H]1C[C@H](C)S(=O)(=O)c2sc(S(=O)(=O)NCC(C)(C)OCCC(C)(C)OC)cc21. The molecule has 0 amide bonds. The van der Waals surface area contributed by atoms with E-state index in [9.17, 15) is 16.8 Å². The second kappa shape index (κ2) is 9.74. The molecule has 2 atom stereocenters. The van der Waals surface area contributed by atoms with E-state index in [4.69, 9.17) is 9.47 Å². The van der Waals surface area contributed by atoms with Gasteiger partial charge < -0.3 is 14.8 Å². The molecule has 0 saturated carbocycles. The maximum atomic E-state index is 12.9. The normalized spacial score (nSPS) is 21.8. The number of sulfone groups is 1. The molecule has 1 aliphatic heterocycles. The van der Waals surface area contributed by atoms with Crippen LogP contribution in [0.3, 0.4) is 0 Å². The van der Waals surface area contributed by atoms with Crippen molar-refractivity contribution in [1.82, 2.24) is 10.0 Å². The third-order valence-corrected chi connectivity index (χ3v) is 11.4. The van der Waals surface area contributed by atoms with Gasteiger partial charge in [-0.15, -0.1) is 11.3 Å². The van der Waals surface area contributed by atoms with Crippen molar-refractivity contribution >= 4 is 31.2 Å². The summed E-state index contributed by atoms with van der Waals surface area (Å²) in [6, 6.07) is 1.32. The molecule has 2 N–H and O–H groups in total. The van der Waals surface area contributed by atoms with E-state index in [2.05, 4.69) is 10.0 Å². The topological polar surface area (TPSA) is 111 Å². The zero-order valence-electron chi connectivity index (χ0n) is 19.4. The van der Waals surface area contributed by atoms with E-state index in [0.29, 0.717) is 31.6 Å². The number of methoxy groups -OCH3 is 1. The summed E-state index contributed by atoms with van der Waals surface area (Å²) in [5.74, 6) is 0. The molecule has 2 heterocycles. The minimum absolute atomic E-state index is 0.00870. The van der Waals surface area contributed by atoms with Gasteiger partial charge in [-0.1, -0.05) is 6.92 Å². The molecular weight excluding hydrogens is 460 g/mol. The summed E-state index contributed by atoms with van der Waals surface area (Å²) in [6.07, 6.45) is 1.09. The molecule has 0 bridgehead atoms. The van der Waals surface area contributed by atoms with Crippen molar-refractivity contribution in [2.45, 2.75) is 85.3 Å². The highest BCUT2D eigenvalue weighted by atomic mass is 32.3. The van der Waals surface area contributed by atoms with Crippen molar-refractivity contribution in [3.8, 4) is 0 Å². The maximum absolute atomic E-state index is 12.9. The lowest BCUT2D eigenvalue weighted by Crippen LogP contribution is -2.41. The number of hydrogen-bond acceptors (Lipinski definition) is 8. The highest BCUT2D eigenvalue weighted by Gasteiger charge is 2.39. The third-order valence-electron chi connectivity index (χ3n) is 5.59. The fraction of sp³-hybridized carbons (Fsp3) is 0.800. The molecule has 1 aliphatic rings. The molecule has 0 aromatic carbocycles. The first kappa shape index (κ1) is 26.7. The van der Waals surface area contributed by atoms with Crippen molar-refractivity contribution in [1.29, 1.82) is 0 Å². The molecule has 0 saturated heterocycles. The Balaban J connectivity index is 2.15. The summed E-state index contributed by atoms with van der Waals surface area (Å²) < 4.78 is 65.4. The van der Waals surface area contributed by atoms with Crippen molar-refractivity contribution in [2.75, 3.05) is 26.8 Å². The van der Waals surface area contributed by atoms with Gasteiger partial charge >= 0.3 is 0 Å². The quantitative estimate of drug-likeness (QED) is 0.485. The van der Waals surface area contributed by atoms with E-state index in [1.807, 2.05) is 34.6 Å². The fourth-order valence-electron chi connectivity index (χ4n) is 3.24. The van der Waals surface area contributed by atoms with E-state index in [1.165, 1.54) is 6.07 Å². The van der Waals surface area contributed by atoms with Crippen LogP contribution in [-0.4, -0.2) is 60.1 Å². The number of hydrogen-bond donors (Lipinski definition) is 2. The van der Waals surface area contributed by atoms with Crippen molar-refractivity contribution in [3.63, 3.8) is 0 Å². The molecular formula is C20H36N2O6S3. The Morgan fingerprint density at radius 2 is 1.87 bits per heavy atom. The van der Waals surface area contributed by atoms with Crippen LogP contribution in [0.5, 0.6) is 0 Å². The van der Waals surface area contributed by atoms with Crippen molar-refractivity contribution in [3.05, 3.63) is 11.6 Å². The van der Waals surface area contributed by atoms with Crippen LogP contribution in [0.15, 0.2) is 14.5 Å². The predicted octanol–water partition coefficient (Wildman–Crippen LogP) is 2.85. The first-order chi connectivity index (χ1) is 14.1. The molecule has 2 rings (SSSR count). The smallest absolute Gasteiger partial charge is 0.250 e. The number of thiophene rings is 1. The number of sulfonamides is 1. The second-order valence-electron chi connectivity index (χ2n) is 9.16. The van der Waals surface area contributed by atoms with E-state index in [1.54, 1.807) is 14.0 Å². The molecule has 0 radical (unpaired) electrons. The van der Waals surface area contributed by atoms with Gasteiger partial charge in [0.25, 0.3) is 0 Å². The zero-order valence-corrected chi connectivity index (χ0v) is 21.9. The van der Waals surface area contributed by atoms with Crippen LogP contribution in [0.4, 0.5) is 0 Å². The summed E-state index contributed by atoms with van der Waals surface area (Å²) >= 11 is 0.822. The average Bonchev–Trinajstić information content (AvgIpc) is 3.13. The summed E-state index contributed by atoms with van der Waals surface area (Å²) in [7, 11) is -5.77. The number of rotatable bonds is 11. The molecule has 1 aromatic heterocycles. The number of ether oxygens (including phenoxy) is 2. The van der Waals surface area contributed by atoms with Gasteiger partial charge in [0, 0.05) is 25.3 Å². The average molecular weight is 497 g/mol. The van der Waals surface area contributed by atoms with E-state index < -0.39 is 30.7 Å².